The Balaban J connectivity index is 1.41. The summed E-state index contributed by atoms with van der Waals surface area (Å²) in [6.45, 7) is 4.93. The molecule has 3 amide bonds. The van der Waals surface area contributed by atoms with Gasteiger partial charge in [0.25, 0.3) is 0 Å². The molecular formula is C25H29N7O7. The van der Waals surface area contributed by atoms with E-state index in [1.807, 2.05) is 30.3 Å². The van der Waals surface area contributed by atoms with Crippen molar-refractivity contribution in [2.45, 2.75) is 58.0 Å². The summed E-state index contributed by atoms with van der Waals surface area (Å²) in [4.78, 5) is 63.1. The maximum atomic E-state index is 13.2. The second kappa shape index (κ2) is 11.3. The van der Waals surface area contributed by atoms with E-state index in [1.165, 1.54) is 22.1 Å². The largest absolute Gasteiger partial charge is 0.480 e. The van der Waals surface area contributed by atoms with E-state index >= 15 is 0 Å². The van der Waals surface area contributed by atoms with Crippen LogP contribution in [0.1, 0.15) is 32.8 Å². The Morgan fingerprint density at radius 3 is 2.51 bits per heavy atom. The van der Waals surface area contributed by atoms with Gasteiger partial charge in [0.1, 0.15) is 31.1 Å². The smallest absolute Gasteiger partial charge is 0.413 e. The molecule has 2 aromatic heterocycles. The van der Waals surface area contributed by atoms with E-state index in [0.29, 0.717) is 0 Å². The Morgan fingerprint density at radius 2 is 1.82 bits per heavy atom. The number of carboxylic acids is 1. The van der Waals surface area contributed by atoms with Gasteiger partial charge in [-0.15, -0.1) is 0 Å². The molecule has 1 saturated heterocycles. The third kappa shape index (κ3) is 6.97. The van der Waals surface area contributed by atoms with Gasteiger partial charge in [-0.25, -0.2) is 29.3 Å². The maximum absolute atomic E-state index is 13.2. The zero-order valence-electron chi connectivity index (χ0n) is 21.7. The molecule has 3 N–H and O–H groups in total. The van der Waals surface area contributed by atoms with Crippen molar-refractivity contribution in [2.75, 3.05) is 11.9 Å². The Kier molecular flexibility index (Phi) is 7.93. The molecule has 1 aliphatic rings. The van der Waals surface area contributed by atoms with E-state index < -0.39 is 41.7 Å². The second-order valence-electron chi connectivity index (χ2n) is 9.93. The summed E-state index contributed by atoms with van der Waals surface area (Å²) in [5, 5.41) is 14.8. The molecule has 0 aliphatic carbocycles. The van der Waals surface area contributed by atoms with E-state index in [4.69, 9.17) is 9.47 Å². The molecule has 3 heterocycles. The van der Waals surface area contributed by atoms with Crippen LogP contribution in [0.15, 0.2) is 43.0 Å². The number of imidazole rings is 1. The van der Waals surface area contributed by atoms with E-state index in [-0.39, 0.29) is 43.1 Å². The van der Waals surface area contributed by atoms with Gasteiger partial charge in [0.2, 0.25) is 5.91 Å². The predicted octanol–water partition coefficient (Wildman–Crippen LogP) is 2.15. The molecule has 1 aromatic carbocycles. The van der Waals surface area contributed by atoms with Gasteiger partial charge < -0.3 is 29.4 Å². The van der Waals surface area contributed by atoms with Crippen LogP contribution in [-0.4, -0.2) is 77.8 Å². The van der Waals surface area contributed by atoms with Crippen LogP contribution in [0.5, 0.6) is 0 Å². The fourth-order valence-electron chi connectivity index (χ4n) is 4.10. The highest BCUT2D eigenvalue weighted by atomic mass is 16.6. The number of amides is 3. The van der Waals surface area contributed by atoms with Crippen molar-refractivity contribution in [1.82, 2.24) is 29.7 Å². The molecule has 0 spiro atoms. The van der Waals surface area contributed by atoms with Gasteiger partial charge in [0, 0.05) is 13.0 Å². The molecule has 4 rings (SSSR count). The third-order valence-electron chi connectivity index (χ3n) is 5.77. The van der Waals surface area contributed by atoms with Gasteiger partial charge in [0.05, 0.1) is 12.4 Å². The molecule has 14 heteroatoms. The van der Waals surface area contributed by atoms with Gasteiger partial charge in [0.15, 0.2) is 17.0 Å². The molecule has 3 aromatic rings. The predicted molar refractivity (Wildman–Crippen MR) is 136 cm³/mol. The van der Waals surface area contributed by atoms with Gasteiger partial charge in [-0.3, -0.25) is 10.1 Å². The normalized spacial score (nSPS) is 17.1. The highest BCUT2D eigenvalue weighted by Gasteiger charge is 2.40. The number of hydrogen-bond acceptors (Lipinski definition) is 9. The van der Waals surface area contributed by atoms with Crippen molar-refractivity contribution in [3.63, 3.8) is 0 Å². The first-order valence-electron chi connectivity index (χ1n) is 12.2. The van der Waals surface area contributed by atoms with Gasteiger partial charge in [-0.2, -0.15) is 0 Å². The number of fused-ring (bicyclic) bond motifs is 1. The van der Waals surface area contributed by atoms with Gasteiger partial charge >= 0.3 is 18.2 Å². The van der Waals surface area contributed by atoms with E-state index in [1.54, 1.807) is 20.8 Å². The molecule has 206 valence electrons. The SMILES string of the molecule is CC(C)(C)OC(=O)N[C@H]1C[C@@H](C(=O)O)N(C(=O)Cn2cnc3c(NC(=O)OCc4ccccc4)ncnc32)C1. The number of ether oxygens (including phenoxy) is 2. The minimum absolute atomic E-state index is 0.00326. The van der Waals surface area contributed by atoms with Gasteiger partial charge in [-0.1, -0.05) is 30.3 Å². The summed E-state index contributed by atoms with van der Waals surface area (Å²) in [5.41, 5.74) is 0.573. The molecule has 14 nitrogen and oxygen atoms in total. The summed E-state index contributed by atoms with van der Waals surface area (Å²) in [5.74, 6) is -1.60. The number of rotatable bonds is 7. The van der Waals surface area contributed by atoms with Crippen LogP contribution in [-0.2, 0) is 32.2 Å². The second-order valence-corrected chi connectivity index (χ2v) is 9.93. The molecule has 1 fully saturated rings. The first kappa shape index (κ1) is 27.3. The first-order chi connectivity index (χ1) is 18.5. The molecule has 0 saturated carbocycles. The minimum atomic E-state index is -1.19. The van der Waals surface area contributed by atoms with Crippen molar-refractivity contribution in [3.8, 4) is 0 Å². The first-order valence-corrected chi connectivity index (χ1v) is 12.2. The number of aromatic nitrogens is 4. The Morgan fingerprint density at radius 1 is 1.08 bits per heavy atom. The zero-order chi connectivity index (χ0) is 28.2. The summed E-state index contributed by atoms with van der Waals surface area (Å²) < 4.78 is 11.9. The number of hydrogen-bond donors (Lipinski definition) is 3. The van der Waals surface area contributed by atoms with Crippen LogP contribution in [0, 0.1) is 0 Å². The number of carboxylic acid groups (broad SMARTS) is 1. The number of aliphatic carboxylic acids is 1. The summed E-state index contributed by atoms with van der Waals surface area (Å²) in [6, 6.07) is 7.43. The van der Waals surface area contributed by atoms with E-state index in [0.717, 1.165) is 5.56 Å². The number of likely N-dealkylation sites (tertiary alicyclic amines) is 1. The topological polar surface area (TPSA) is 178 Å². The van der Waals surface area contributed by atoms with Crippen LogP contribution in [0.2, 0.25) is 0 Å². The summed E-state index contributed by atoms with van der Waals surface area (Å²) in [6.07, 6.45) is 1.15. The Labute approximate surface area is 223 Å². The monoisotopic (exact) mass is 539 g/mol. The lowest BCUT2D eigenvalue weighted by atomic mass is 10.1. The number of alkyl carbamates (subject to hydrolysis) is 1. The van der Waals surface area contributed by atoms with Crippen molar-refractivity contribution < 1.29 is 33.8 Å². The van der Waals surface area contributed by atoms with Crippen LogP contribution >= 0.6 is 0 Å². The number of benzene rings is 1. The van der Waals surface area contributed by atoms with Crippen LogP contribution in [0.3, 0.4) is 0 Å². The van der Waals surface area contributed by atoms with Crippen molar-refractivity contribution in [2.24, 2.45) is 0 Å². The van der Waals surface area contributed by atoms with Crippen molar-refractivity contribution in [3.05, 3.63) is 48.5 Å². The number of nitrogens with zero attached hydrogens (tertiary/aromatic N) is 5. The fourth-order valence-corrected chi connectivity index (χ4v) is 4.10. The lowest BCUT2D eigenvalue weighted by molar-refractivity contribution is -0.148. The Bertz CT molecular complexity index is 1370. The van der Waals surface area contributed by atoms with Gasteiger partial charge in [-0.05, 0) is 26.3 Å². The highest BCUT2D eigenvalue weighted by Crippen LogP contribution is 2.22. The average Bonchev–Trinajstić information content (AvgIpc) is 3.47. The van der Waals surface area contributed by atoms with Crippen molar-refractivity contribution >= 4 is 41.0 Å². The minimum Gasteiger partial charge on any atom is -0.480 e. The zero-order valence-corrected chi connectivity index (χ0v) is 21.7. The van der Waals surface area contributed by atoms with Crippen LogP contribution in [0.4, 0.5) is 15.4 Å². The summed E-state index contributed by atoms with van der Waals surface area (Å²) in [7, 11) is 0. The number of carbonyl (C=O) groups is 4. The molecule has 0 radical (unpaired) electrons. The molecule has 39 heavy (non-hydrogen) atoms. The van der Waals surface area contributed by atoms with Crippen LogP contribution in [0.25, 0.3) is 11.2 Å². The van der Waals surface area contributed by atoms with E-state index in [9.17, 15) is 24.3 Å². The molecule has 1 aliphatic heterocycles. The molecular weight excluding hydrogens is 510 g/mol. The maximum Gasteiger partial charge on any atom is 0.413 e. The quantitative estimate of drug-likeness (QED) is 0.403. The molecule has 0 unspecified atom stereocenters. The van der Waals surface area contributed by atoms with Crippen LogP contribution < -0.4 is 10.6 Å². The third-order valence-corrected chi connectivity index (χ3v) is 5.77. The fraction of sp³-hybridized carbons (Fsp3) is 0.400. The lowest BCUT2D eigenvalue weighted by Crippen LogP contribution is -2.43. The number of carbonyl (C=O) groups excluding carboxylic acids is 3. The number of nitrogens with one attached hydrogen (secondary N) is 2. The number of anilines is 1. The molecule has 2 atom stereocenters. The standard InChI is InChI=1S/C25H29N7O7/c1-25(2,3)39-24(37)29-16-9-17(22(34)35)32(10-16)18(33)11-31-14-28-19-20(26-13-27-21(19)31)30-23(36)38-12-15-7-5-4-6-8-15/h4-8,13-14,16-17H,9-12H2,1-3H3,(H,29,37)(H,34,35)(H,26,27,30,36)/t16-,17-/m0/s1. The Hall–Kier alpha value is -4.75. The average molecular weight is 540 g/mol. The highest BCUT2D eigenvalue weighted by molar-refractivity contribution is 5.94. The summed E-state index contributed by atoms with van der Waals surface area (Å²) >= 11 is 0. The van der Waals surface area contributed by atoms with Crippen molar-refractivity contribution in [1.29, 1.82) is 0 Å². The molecule has 0 bridgehead atoms. The van der Waals surface area contributed by atoms with E-state index in [2.05, 4.69) is 25.6 Å². The lowest BCUT2D eigenvalue weighted by Gasteiger charge is -2.22.